The summed E-state index contributed by atoms with van der Waals surface area (Å²) in [7, 11) is 0. The molecule has 0 saturated carbocycles. The van der Waals surface area contributed by atoms with Gasteiger partial charge in [-0.05, 0) is 38.3 Å². The normalized spacial score (nSPS) is 19.4. The van der Waals surface area contributed by atoms with Crippen molar-refractivity contribution in [2.45, 2.75) is 32.2 Å². The first-order valence-corrected chi connectivity index (χ1v) is 6.77. The Hall–Kier alpha value is -1.62. The van der Waals surface area contributed by atoms with E-state index in [1.54, 1.807) is 6.07 Å². The first kappa shape index (κ1) is 13.8. The molecule has 1 aromatic heterocycles. The maximum atomic E-state index is 11.0. The van der Waals surface area contributed by atoms with E-state index in [0.29, 0.717) is 19.3 Å². The zero-order valence-corrected chi connectivity index (χ0v) is 11.2. The van der Waals surface area contributed by atoms with E-state index < -0.39 is 5.97 Å². The molecule has 1 atom stereocenters. The van der Waals surface area contributed by atoms with Gasteiger partial charge in [0.2, 0.25) is 0 Å². The molecule has 0 amide bonds. The molecule has 2 heterocycles. The Morgan fingerprint density at radius 1 is 1.53 bits per heavy atom. The monoisotopic (exact) mass is 264 g/mol. The van der Waals surface area contributed by atoms with Gasteiger partial charge < -0.3 is 14.7 Å². The molecule has 1 fully saturated rings. The number of pyridine rings is 1. The van der Waals surface area contributed by atoms with Crippen LogP contribution in [0.3, 0.4) is 0 Å². The van der Waals surface area contributed by atoms with Crippen molar-refractivity contribution >= 4 is 11.8 Å². The number of carboxylic acids is 1. The summed E-state index contributed by atoms with van der Waals surface area (Å²) in [4.78, 5) is 17.4. The molecule has 0 aliphatic carbocycles. The summed E-state index contributed by atoms with van der Waals surface area (Å²) in [6.07, 6.45) is 3.37. The molecule has 1 aliphatic heterocycles. The first-order chi connectivity index (χ1) is 9.22. The van der Waals surface area contributed by atoms with E-state index in [2.05, 4.69) is 9.88 Å². The molecule has 5 nitrogen and oxygen atoms in total. The number of hydrogen-bond donors (Lipinski definition) is 1. The lowest BCUT2D eigenvalue weighted by Crippen LogP contribution is -2.43. The van der Waals surface area contributed by atoms with Gasteiger partial charge in [-0.15, -0.1) is 0 Å². The maximum Gasteiger partial charge on any atom is 0.354 e. The number of carboxylic acid groups (broad SMARTS) is 1. The number of anilines is 1. The Labute approximate surface area is 113 Å². The average molecular weight is 264 g/mol. The zero-order chi connectivity index (χ0) is 13.7. The molecule has 1 aliphatic rings. The van der Waals surface area contributed by atoms with Crippen LogP contribution in [0, 0.1) is 0 Å². The number of hydrogen-bond acceptors (Lipinski definition) is 4. The van der Waals surface area contributed by atoms with Crippen molar-refractivity contribution in [1.29, 1.82) is 0 Å². The lowest BCUT2D eigenvalue weighted by Gasteiger charge is -2.36. The van der Waals surface area contributed by atoms with E-state index in [0.717, 1.165) is 25.2 Å². The Kier molecular flexibility index (Phi) is 4.74. The molecule has 2 rings (SSSR count). The maximum absolute atomic E-state index is 11.0. The minimum absolute atomic E-state index is 0.0956. The Balaban J connectivity index is 2.16. The summed E-state index contributed by atoms with van der Waals surface area (Å²) in [6, 6.07) is 5.44. The topological polar surface area (TPSA) is 62.7 Å². The highest BCUT2D eigenvalue weighted by Gasteiger charge is 2.24. The predicted octanol–water partition coefficient (Wildman–Crippen LogP) is 2.18. The largest absolute Gasteiger partial charge is 0.477 e. The minimum atomic E-state index is -0.986. The number of carbonyl (C=O) groups is 1. The molecule has 5 heteroatoms. The summed E-state index contributed by atoms with van der Waals surface area (Å²) in [5.74, 6) is -0.246. The third-order valence-corrected chi connectivity index (χ3v) is 3.39. The molecule has 0 bridgehead atoms. The minimum Gasteiger partial charge on any atom is -0.477 e. The molecule has 104 valence electrons. The number of rotatable bonds is 5. The molecule has 19 heavy (non-hydrogen) atoms. The fraction of sp³-hybridized carbons (Fsp3) is 0.571. The fourth-order valence-corrected chi connectivity index (χ4v) is 2.43. The highest BCUT2D eigenvalue weighted by atomic mass is 16.5. The smallest absolute Gasteiger partial charge is 0.354 e. The summed E-state index contributed by atoms with van der Waals surface area (Å²) in [6.45, 7) is 4.27. The highest BCUT2D eigenvalue weighted by Crippen LogP contribution is 2.23. The zero-order valence-electron chi connectivity index (χ0n) is 11.2. The Morgan fingerprint density at radius 3 is 3.11 bits per heavy atom. The predicted molar refractivity (Wildman–Crippen MR) is 72.7 cm³/mol. The second kappa shape index (κ2) is 6.52. The third-order valence-electron chi connectivity index (χ3n) is 3.39. The van der Waals surface area contributed by atoms with Crippen LogP contribution < -0.4 is 4.90 Å². The lowest BCUT2D eigenvalue weighted by molar-refractivity contribution is 0.0690. The average Bonchev–Trinajstić information content (AvgIpc) is 2.45. The van der Waals surface area contributed by atoms with Crippen molar-refractivity contribution in [3.63, 3.8) is 0 Å². The second-order valence-electron chi connectivity index (χ2n) is 4.69. The molecule has 0 spiro atoms. The van der Waals surface area contributed by atoms with Crippen LogP contribution in [0.2, 0.25) is 0 Å². The van der Waals surface area contributed by atoms with Gasteiger partial charge >= 0.3 is 5.97 Å². The van der Waals surface area contributed by atoms with Crippen LogP contribution in [0.5, 0.6) is 0 Å². The van der Waals surface area contributed by atoms with Crippen LogP contribution in [0.1, 0.15) is 36.7 Å². The van der Waals surface area contributed by atoms with E-state index in [9.17, 15) is 4.79 Å². The number of aromatic carboxylic acids is 1. The molecule has 1 unspecified atom stereocenters. The van der Waals surface area contributed by atoms with Gasteiger partial charge in [-0.1, -0.05) is 6.07 Å². The van der Waals surface area contributed by atoms with Crippen LogP contribution in [0.4, 0.5) is 5.82 Å². The van der Waals surface area contributed by atoms with Gasteiger partial charge in [0, 0.05) is 13.2 Å². The summed E-state index contributed by atoms with van der Waals surface area (Å²) in [5.41, 5.74) is 0.0956. The Bertz CT molecular complexity index is 436. The SMILES string of the molecule is CCOCC1CCCCN1c1cccc(C(=O)O)n1. The van der Waals surface area contributed by atoms with Crippen molar-refractivity contribution in [1.82, 2.24) is 4.98 Å². The van der Waals surface area contributed by atoms with Crippen LogP contribution in [0.25, 0.3) is 0 Å². The van der Waals surface area contributed by atoms with Crippen molar-refractivity contribution in [3.05, 3.63) is 23.9 Å². The van der Waals surface area contributed by atoms with Crippen molar-refractivity contribution in [2.24, 2.45) is 0 Å². The number of ether oxygens (including phenoxy) is 1. The standard InChI is InChI=1S/C14H20N2O3/c1-2-19-10-11-6-3-4-9-16(11)13-8-5-7-12(15-13)14(17)18/h5,7-8,11H,2-4,6,9-10H2,1H3,(H,17,18). The molecular weight excluding hydrogens is 244 g/mol. The fourth-order valence-electron chi connectivity index (χ4n) is 2.43. The molecule has 1 saturated heterocycles. The van der Waals surface area contributed by atoms with E-state index in [1.807, 2.05) is 13.0 Å². The number of nitrogens with zero attached hydrogens (tertiary/aromatic N) is 2. The van der Waals surface area contributed by atoms with Gasteiger partial charge in [-0.3, -0.25) is 0 Å². The third kappa shape index (κ3) is 3.44. The first-order valence-electron chi connectivity index (χ1n) is 6.77. The van der Waals surface area contributed by atoms with Crippen LogP contribution >= 0.6 is 0 Å². The molecular formula is C14H20N2O3. The van der Waals surface area contributed by atoms with Gasteiger partial charge in [0.15, 0.2) is 5.69 Å². The Morgan fingerprint density at radius 2 is 2.37 bits per heavy atom. The van der Waals surface area contributed by atoms with Crippen LogP contribution in [-0.4, -0.2) is 41.9 Å². The molecule has 1 aromatic rings. The number of aromatic nitrogens is 1. The van der Waals surface area contributed by atoms with Crippen LogP contribution in [-0.2, 0) is 4.74 Å². The van der Waals surface area contributed by atoms with Gasteiger partial charge in [0.25, 0.3) is 0 Å². The van der Waals surface area contributed by atoms with E-state index in [-0.39, 0.29) is 5.69 Å². The summed E-state index contributed by atoms with van der Waals surface area (Å²) < 4.78 is 5.52. The number of piperidine rings is 1. The second-order valence-corrected chi connectivity index (χ2v) is 4.69. The molecule has 0 aromatic carbocycles. The van der Waals surface area contributed by atoms with Gasteiger partial charge in [0.1, 0.15) is 5.82 Å². The van der Waals surface area contributed by atoms with E-state index in [1.165, 1.54) is 12.5 Å². The van der Waals surface area contributed by atoms with E-state index >= 15 is 0 Å². The van der Waals surface area contributed by atoms with Gasteiger partial charge in [0.05, 0.1) is 12.6 Å². The lowest BCUT2D eigenvalue weighted by atomic mass is 10.0. The van der Waals surface area contributed by atoms with Gasteiger partial charge in [-0.2, -0.15) is 0 Å². The summed E-state index contributed by atoms with van der Waals surface area (Å²) >= 11 is 0. The molecule has 1 N–H and O–H groups in total. The quantitative estimate of drug-likeness (QED) is 0.883. The van der Waals surface area contributed by atoms with Crippen molar-refractivity contribution < 1.29 is 14.6 Å². The highest BCUT2D eigenvalue weighted by molar-refractivity contribution is 5.85. The van der Waals surface area contributed by atoms with Gasteiger partial charge in [-0.25, -0.2) is 9.78 Å². The van der Waals surface area contributed by atoms with Crippen molar-refractivity contribution in [2.75, 3.05) is 24.7 Å². The van der Waals surface area contributed by atoms with Crippen molar-refractivity contribution in [3.8, 4) is 0 Å². The summed E-state index contributed by atoms with van der Waals surface area (Å²) in [5, 5.41) is 9.01. The van der Waals surface area contributed by atoms with Crippen LogP contribution in [0.15, 0.2) is 18.2 Å². The van der Waals surface area contributed by atoms with E-state index in [4.69, 9.17) is 9.84 Å². The molecule has 0 radical (unpaired) electrons.